The molecule has 3 aromatic rings. The molecule has 1 amide bonds. The number of hydrogen-bond acceptors (Lipinski definition) is 7. The molecule has 1 aliphatic rings. The second-order valence-corrected chi connectivity index (χ2v) is 8.08. The van der Waals surface area contributed by atoms with Gasteiger partial charge in [0, 0.05) is 31.6 Å². The molecule has 1 fully saturated rings. The largest absolute Gasteiger partial charge is 0.492 e. The van der Waals surface area contributed by atoms with Crippen LogP contribution in [0.15, 0.2) is 52.5 Å². The Morgan fingerprint density at radius 1 is 1.17 bits per heavy atom. The molecule has 0 radical (unpaired) electrons. The van der Waals surface area contributed by atoms with Gasteiger partial charge in [-0.05, 0) is 31.2 Å². The van der Waals surface area contributed by atoms with Crippen molar-refractivity contribution in [3.63, 3.8) is 0 Å². The van der Waals surface area contributed by atoms with Gasteiger partial charge in [0.15, 0.2) is 5.76 Å². The maximum atomic E-state index is 12.5. The van der Waals surface area contributed by atoms with Gasteiger partial charge in [0.25, 0.3) is 0 Å². The zero-order valence-electron chi connectivity index (χ0n) is 17.0. The summed E-state index contributed by atoms with van der Waals surface area (Å²) in [4.78, 5) is 21.7. The van der Waals surface area contributed by atoms with Crippen LogP contribution in [-0.4, -0.2) is 60.0 Å². The molecule has 2 aromatic heterocycles. The summed E-state index contributed by atoms with van der Waals surface area (Å²) >= 11 is 1.66. The van der Waals surface area contributed by atoms with E-state index in [2.05, 4.69) is 20.1 Å². The van der Waals surface area contributed by atoms with Crippen molar-refractivity contribution >= 4 is 22.9 Å². The second kappa shape index (κ2) is 9.88. The van der Waals surface area contributed by atoms with Crippen LogP contribution < -0.4 is 10.1 Å². The third kappa shape index (κ3) is 5.27. The number of aromatic nitrogens is 1. The normalized spacial score (nSPS) is 15.2. The number of amides is 1. The van der Waals surface area contributed by atoms with E-state index >= 15 is 0 Å². The molecule has 1 N–H and O–H groups in total. The molecule has 0 unspecified atom stereocenters. The average Bonchev–Trinajstić information content (AvgIpc) is 3.43. The van der Waals surface area contributed by atoms with Gasteiger partial charge in [-0.1, -0.05) is 12.1 Å². The van der Waals surface area contributed by atoms with E-state index < -0.39 is 0 Å². The van der Waals surface area contributed by atoms with Crippen LogP contribution in [0.1, 0.15) is 11.9 Å². The number of para-hydroxylation sites is 2. The molecule has 8 heteroatoms. The first-order valence-electron chi connectivity index (χ1n) is 10.2. The highest BCUT2D eigenvalue weighted by atomic mass is 32.1. The summed E-state index contributed by atoms with van der Waals surface area (Å²) in [5.74, 6) is 1.49. The van der Waals surface area contributed by atoms with Gasteiger partial charge < -0.3 is 14.5 Å². The predicted molar refractivity (Wildman–Crippen MR) is 118 cm³/mol. The summed E-state index contributed by atoms with van der Waals surface area (Å²) in [7, 11) is 0. The van der Waals surface area contributed by atoms with E-state index in [0.29, 0.717) is 18.9 Å². The molecular weight excluding hydrogens is 400 g/mol. The number of ether oxygens (including phenoxy) is 1. The average molecular weight is 427 g/mol. The minimum atomic E-state index is -0.0152. The van der Waals surface area contributed by atoms with Gasteiger partial charge >= 0.3 is 0 Å². The van der Waals surface area contributed by atoms with Crippen LogP contribution in [-0.2, 0) is 11.3 Å². The highest BCUT2D eigenvalue weighted by Crippen LogP contribution is 2.24. The Labute approximate surface area is 180 Å². The topological polar surface area (TPSA) is 70.8 Å². The summed E-state index contributed by atoms with van der Waals surface area (Å²) in [6.07, 6.45) is 1.67. The van der Waals surface area contributed by atoms with Crippen molar-refractivity contribution in [2.45, 2.75) is 13.5 Å². The molecule has 1 saturated heterocycles. The van der Waals surface area contributed by atoms with E-state index in [4.69, 9.17) is 9.15 Å². The molecule has 3 heterocycles. The van der Waals surface area contributed by atoms with E-state index in [1.54, 1.807) is 17.6 Å². The van der Waals surface area contributed by atoms with E-state index in [9.17, 15) is 4.79 Å². The molecule has 4 rings (SSSR count). The summed E-state index contributed by atoms with van der Waals surface area (Å²) in [5, 5.41) is 6.09. The van der Waals surface area contributed by atoms with Gasteiger partial charge in [-0.25, -0.2) is 4.98 Å². The number of nitrogens with one attached hydrogen (secondary N) is 1. The lowest BCUT2D eigenvalue weighted by molar-refractivity contribution is -0.117. The number of anilines is 1. The quantitative estimate of drug-likeness (QED) is 0.594. The highest BCUT2D eigenvalue weighted by Gasteiger charge is 2.20. The number of furan rings is 1. The van der Waals surface area contributed by atoms with Gasteiger partial charge in [0.2, 0.25) is 5.91 Å². The van der Waals surface area contributed by atoms with Crippen molar-refractivity contribution in [2.24, 2.45) is 0 Å². The van der Waals surface area contributed by atoms with E-state index in [1.807, 2.05) is 48.7 Å². The number of hydrogen-bond donors (Lipinski definition) is 1. The van der Waals surface area contributed by atoms with Crippen molar-refractivity contribution in [1.29, 1.82) is 0 Å². The lowest BCUT2D eigenvalue weighted by Crippen LogP contribution is -2.48. The summed E-state index contributed by atoms with van der Waals surface area (Å²) in [6, 6.07) is 11.3. The Bertz CT molecular complexity index is 949. The highest BCUT2D eigenvalue weighted by molar-refractivity contribution is 7.09. The maximum Gasteiger partial charge on any atom is 0.238 e. The lowest BCUT2D eigenvalue weighted by atomic mass is 10.2. The Kier molecular flexibility index (Phi) is 6.78. The number of thiazole rings is 1. The second-order valence-electron chi connectivity index (χ2n) is 7.13. The fourth-order valence-electron chi connectivity index (χ4n) is 3.46. The number of rotatable bonds is 8. The minimum Gasteiger partial charge on any atom is -0.492 e. The number of carbonyl (C=O) groups excluding carboxylic acids is 1. The SMILES string of the molecule is CCOc1ccccc1NC(=O)CN1CCN(Cc2nc(-c3ccco3)cs2)CC1. The third-order valence-electron chi connectivity index (χ3n) is 4.98. The fourth-order valence-corrected chi connectivity index (χ4v) is 4.29. The molecule has 0 saturated carbocycles. The van der Waals surface area contributed by atoms with E-state index in [-0.39, 0.29) is 5.91 Å². The molecule has 0 aliphatic carbocycles. The van der Waals surface area contributed by atoms with Crippen molar-refractivity contribution in [3.05, 3.63) is 53.0 Å². The van der Waals surface area contributed by atoms with Gasteiger partial charge in [-0.15, -0.1) is 11.3 Å². The Morgan fingerprint density at radius 2 is 1.97 bits per heavy atom. The smallest absolute Gasteiger partial charge is 0.238 e. The summed E-state index contributed by atoms with van der Waals surface area (Å²) in [6.45, 7) is 7.25. The minimum absolute atomic E-state index is 0.0152. The maximum absolute atomic E-state index is 12.5. The van der Waals surface area contributed by atoms with Crippen molar-refractivity contribution in [3.8, 4) is 17.2 Å². The van der Waals surface area contributed by atoms with Gasteiger partial charge in [-0.3, -0.25) is 14.6 Å². The van der Waals surface area contributed by atoms with Gasteiger partial charge in [0.1, 0.15) is 16.5 Å². The first kappa shape index (κ1) is 20.6. The van der Waals surface area contributed by atoms with Crippen LogP contribution in [0.3, 0.4) is 0 Å². The molecule has 0 bridgehead atoms. The summed E-state index contributed by atoms with van der Waals surface area (Å²) in [5.41, 5.74) is 1.61. The van der Waals surface area contributed by atoms with Crippen molar-refractivity contribution in [2.75, 3.05) is 44.6 Å². The molecule has 1 aliphatic heterocycles. The number of nitrogens with zero attached hydrogens (tertiary/aromatic N) is 3. The van der Waals surface area contributed by atoms with Gasteiger partial charge in [0.05, 0.1) is 31.6 Å². The molecule has 1 aromatic carbocycles. The Balaban J connectivity index is 1.23. The predicted octanol–water partition coefficient (Wildman–Crippen LogP) is 3.56. The standard InChI is InChI=1S/C22H26N4O3S/c1-2-28-19-7-4-3-6-17(19)23-21(27)14-25-9-11-26(12-10-25)15-22-24-18(16-30-22)20-8-5-13-29-20/h3-8,13,16H,2,9-12,14-15H2,1H3,(H,23,27). The molecular formula is C22H26N4O3S. The molecule has 7 nitrogen and oxygen atoms in total. The van der Waals surface area contributed by atoms with Crippen LogP contribution in [0.25, 0.3) is 11.5 Å². The molecule has 0 spiro atoms. The fraction of sp³-hybridized carbons (Fsp3) is 0.364. The van der Waals surface area contributed by atoms with Crippen LogP contribution in [0.2, 0.25) is 0 Å². The Hall–Kier alpha value is -2.68. The van der Waals surface area contributed by atoms with Gasteiger partial charge in [-0.2, -0.15) is 0 Å². The third-order valence-corrected chi connectivity index (χ3v) is 5.81. The van der Waals surface area contributed by atoms with Crippen LogP contribution in [0, 0.1) is 0 Å². The number of carbonyl (C=O) groups is 1. The first-order valence-corrected chi connectivity index (χ1v) is 11.0. The monoisotopic (exact) mass is 426 g/mol. The molecule has 158 valence electrons. The lowest BCUT2D eigenvalue weighted by Gasteiger charge is -2.33. The Morgan fingerprint density at radius 3 is 2.73 bits per heavy atom. The number of benzene rings is 1. The molecule has 0 atom stereocenters. The number of piperazine rings is 1. The van der Waals surface area contributed by atoms with E-state index in [0.717, 1.165) is 54.9 Å². The van der Waals surface area contributed by atoms with Crippen LogP contribution in [0.4, 0.5) is 5.69 Å². The van der Waals surface area contributed by atoms with Crippen LogP contribution in [0.5, 0.6) is 5.75 Å². The van der Waals surface area contributed by atoms with Crippen molar-refractivity contribution < 1.29 is 13.9 Å². The zero-order chi connectivity index (χ0) is 20.8. The van der Waals surface area contributed by atoms with Crippen LogP contribution >= 0.6 is 11.3 Å². The first-order chi connectivity index (χ1) is 14.7. The summed E-state index contributed by atoms with van der Waals surface area (Å²) < 4.78 is 11.0. The van der Waals surface area contributed by atoms with E-state index in [1.165, 1.54) is 0 Å². The zero-order valence-corrected chi connectivity index (χ0v) is 17.9. The molecule has 30 heavy (non-hydrogen) atoms. The van der Waals surface area contributed by atoms with Crippen molar-refractivity contribution in [1.82, 2.24) is 14.8 Å².